The molecule has 0 saturated carbocycles. The van der Waals surface area contributed by atoms with Crippen LogP contribution in [0.5, 0.6) is 0 Å². The molecule has 1 unspecified atom stereocenters. The smallest absolute Gasteiger partial charge is 0.269 e. The first kappa shape index (κ1) is 22.1. The fourth-order valence-electron chi connectivity index (χ4n) is 4.86. The second-order valence-electron chi connectivity index (χ2n) is 9.46. The summed E-state index contributed by atoms with van der Waals surface area (Å²) in [5.41, 5.74) is 10.5. The number of carbonyl (C=O) groups is 1. The van der Waals surface area contributed by atoms with Gasteiger partial charge in [0.2, 0.25) is 0 Å². The number of amides is 1. The molecule has 3 aliphatic rings. The van der Waals surface area contributed by atoms with E-state index < -0.39 is 11.5 Å². The van der Waals surface area contributed by atoms with Crippen LogP contribution in [0, 0.1) is 18.8 Å². The number of hydrogen-bond donors (Lipinski definition) is 2. The number of aryl methyl sites for hydroxylation is 2. The lowest BCUT2D eigenvalue weighted by atomic mass is 9.86. The fourth-order valence-corrected chi connectivity index (χ4v) is 4.86. The van der Waals surface area contributed by atoms with Gasteiger partial charge in [0.25, 0.3) is 5.91 Å². The summed E-state index contributed by atoms with van der Waals surface area (Å²) >= 11 is 0. The van der Waals surface area contributed by atoms with E-state index in [4.69, 9.17) is 15.2 Å². The van der Waals surface area contributed by atoms with Gasteiger partial charge in [-0.05, 0) is 49.6 Å². The second-order valence-corrected chi connectivity index (χ2v) is 9.46. The van der Waals surface area contributed by atoms with Gasteiger partial charge in [-0.1, -0.05) is 29.1 Å². The number of rotatable bonds is 4. The van der Waals surface area contributed by atoms with Crippen molar-refractivity contribution in [1.29, 1.82) is 0 Å². The van der Waals surface area contributed by atoms with Crippen molar-refractivity contribution in [2.75, 3.05) is 0 Å². The number of carbonyl (C=O) groups excluding carboxylic acids is 1. The predicted octanol–water partition coefficient (Wildman–Crippen LogP) is 2.87. The number of nitrogens with zero attached hydrogens (tertiary/aromatic N) is 5. The van der Waals surface area contributed by atoms with Gasteiger partial charge in [-0.15, -0.1) is 0 Å². The molecular formula is C27H24N6O3. The Bertz CT molecular complexity index is 1640. The summed E-state index contributed by atoms with van der Waals surface area (Å²) in [5, 5.41) is 19.0. The van der Waals surface area contributed by atoms with Gasteiger partial charge in [0.15, 0.2) is 5.60 Å². The third-order valence-electron chi connectivity index (χ3n) is 6.85. The lowest BCUT2D eigenvalue weighted by Crippen LogP contribution is -2.20. The Hall–Kier alpha value is -4.42. The molecule has 0 spiro atoms. The predicted molar refractivity (Wildman–Crippen MR) is 132 cm³/mol. The van der Waals surface area contributed by atoms with E-state index in [9.17, 15) is 9.90 Å². The summed E-state index contributed by atoms with van der Waals surface area (Å²) in [6, 6.07) is 9.58. The van der Waals surface area contributed by atoms with Gasteiger partial charge in [-0.25, -0.2) is 4.98 Å². The zero-order valence-corrected chi connectivity index (χ0v) is 20.1. The van der Waals surface area contributed by atoms with Gasteiger partial charge in [0.05, 0.1) is 11.7 Å². The van der Waals surface area contributed by atoms with E-state index in [0.29, 0.717) is 29.3 Å². The highest BCUT2D eigenvalue weighted by molar-refractivity contribution is 5.94. The number of aromatic nitrogens is 5. The summed E-state index contributed by atoms with van der Waals surface area (Å²) < 4.78 is 8.99. The van der Waals surface area contributed by atoms with Crippen molar-refractivity contribution in [2.24, 2.45) is 12.8 Å². The lowest BCUT2D eigenvalue weighted by Gasteiger charge is -2.26. The standard InChI is InChI=1S/C27H24N6O3/c1-15-10-23(31-36-15)27(2,35)8-6-16-4-5-20-17-12-19(13-17)33-22(14-18-7-9-29-32(18)3)24(25(28)34)30-26(33)21(20)11-16/h4-5,7,9-12,19,35H,13-14H2,1-3H3,(H2,28,34)/t19?,27-/m1/s1. The molecule has 9 nitrogen and oxygen atoms in total. The van der Waals surface area contributed by atoms with Crippen LogP contribution >= 0.6 is 0 Å². The van der Waals surface area contributed by atoms with Crippen molar-refractivity contribution < 1.29 is 14.4 Å². The molecule has 5 heterocycles. The molecule has 2 aliphatic heterocycles. The van der Waals surface area contributed by atoms with Crippen LogP contribution in [0.1, 0.15) is 63.8 Å². The maximum absolute atomic E-state index is 12.4. The Balaban J connectivity index is 1.46. The molecule has 180 valence electrons. The average Bonchev–Trinajstić information content (AvgIpc) is 3.48. The largest absolute Gasteiger partial charge is 0.372 e. The molecule has 1 amide bonds. The monoisotopic (exact) mass is 480 g/mol. The van der Waals surface area contributed by atoms with Crippen molar-refractivity contribution in [3.8, 4) is 23.2 Å². The molecule has 0 saturated heterocycles. The molecule has 0 fully saturated rings. The van der Waals surface area contributed by atoms with Crippen LogP contribution in [-0.4, -0.2) is 35.5 Å². The Kier molecular flexibility index (Phi) is 4.78. The van der Waals surface area contributed by atoms with Crippen LogP contribution < -0.4 is 5.73 Å². The molecule has 2 bridgehead atoms. The molecule has 4 aromatic rings. The number of benzene rings is 1. The first-order chi connectivity index (χ1) is 17.2. The van der Waals surface area contributed by atoms with E-state index >= 15 is 0 Å². The maximum atomic E-state index is 12.4. The summed E-state index contributed by atoms with van der Waals surface area (Å²) in [5.74, 6) is 6.70. The number of aliphatic hydroxyl groups is 1. The van der Waals surface area contributed by atoms with Crippen molar-refractivity contribution in [3.63, 3.8) is 0 Å². The minimum Gasteiger partial charge on any atom is -0.372 e. The lowest BCUT2D eigenvalue weighted by molar-refractivity contribution is 0.0994. The van der Waals surface area contributed by atoms with Crippen LogP contribution in [0.15, 0.2) is 47.1 Å². The van der Waals surface area contributed by atoms with Crippen LogP contribution in [0.2, 0.25) is 0 Å². The Morgan fingerprint density at radius 3 is 2.78 bits per heavy atom. The van der Waals surface area contributed by atoms with Crippen molar-refractivity contribution in [3.05, 3.63) is 82.3 Å². The fraction of sp³-hybridized carbons (Fsp3) is 0.259. The van der Waals surface area contributed by atoms with Crippen molar-refractivity contribution in [2.45, 2.75) is 38.3 Å². The van der Waals surface area contributed by atoms with Gasteiger partial charge in [-0.3, -0.25) is 9.48 Å². The zero-order valence-electron chi connectivity index (χ0n) is 20.1. The highest BCUT2D eigenvalue weighted by Gasteiger charge is 2.35. The molecule has 7 rings (SSSR count). The minimum absolute atomic E-state index is 0.0944. The molecule has 9 heteroatoms. The molecule has 3 N–H and O–H groups in total. The summed E-state index contributed by atoms with van der Waals surface area (Å²) in [6.07, 6.45) is 5.27. The summed E-state index contributed by atoms with van der Waals surface area (Å²) in [6.45, 7) is 3.34. The number of primary amides is 1. The number of hydrogen-bond acceptors (Lipinski definition) is 6. The van der Waals surface area contributed by atoms with Gasteiger partial charge in [0, 0.05) is 42.6 Å². The van der Waals surface area contributed by atoms with Gasteiger partial charge in [0.1, 0.15) is 23.0 Å². The van der Waals surface area contributed by atoms with Crippen molar-refractivity contribution in [1.82, 2.24) is 24.5 Å². The van der Waals surface area contributed by atoms with Gasteiger partial charge < -0.3 is 19.9 Å². The number of nitrogens with two attached hydrogens (primary N) is 1. The third kappa shape index (κ3) is 3.46. The molecule has 1 aliphatic carbocycles. The van der Waals surface area contributed by atoms with E-state index in [0.717, 1.165) is 28.9 Å². The minimum atomic E-state index is -1.47. The van der Waals surface area contributed by atoms with E-state index in [-0.39, 0.29) is 11.7 Å². The van der Waals surface area contributed by atoms with E-state index in [2.05, 4.69) is 32.7 Å². The molecule has 36 heavy (non-hydrogen) atoms. The van der Waals surface area contributed by atoms with E-state index in [1.54, 1.807) is 30.8 Å². The number of allylic oxidation sites excluding steroid dienone is 2. The molecule has 2 atom stereocenters. The average molecular weight is 481 g/mol. The Labute approximate surface area is 207 Å². The first-order valence-electron chi connectivity index (χ1n) is 11.6. The van der Waals surface area contributed by atoms with Crippen molar-refractivity contribution >= 4 is 11.5 Å². The van der Waals surface area contributed by atoms with Crippen LogP contribution in [0.4, 0.5) is 0 Å². The second kappa shape index (κ2) is 7.80. The number of imidazole rings is 1. The maximum Gasteiger partial charge on any atom is 0.269 e. The first-order valence-corrected chi connectivity index (χ1v) is 11.6. The Morgan fingerprint density at radius 2 is 2.11 bits per heavy atom. The summed E-state index contributed by atoms with van der Waals surface area (Å²) in [7, 11) is 1.87. The van der Waals surface area contributed by atoms with E-state index in [1.165, 1.54) is 5.57 Å². The zero-order chi connectivity index (χ0) is 25.2. The Morgan fingerprint density at radius 1 is 1.31 bits per heavy atom. The van der Waals surface area contributed by atoms with Gasteiger partial charge in [-0.2, -0.15) is 5.10 Å². The highest BCUT2D eigenvalue weighted by atomic mass is 16.5. The molecule has 1 aromatic carbocycles. The molecule has 3 aromatic heterocycles. The topological polar surface area (TPSA) is 125 Å². The van der Waals surface area contributed by atoms with Crippen LogP contribution in [-0.2, 0) is 19.1 Å². The normalized spacial score (nSPS) is 17.0. The SMILES string of the molecule is Cc1cc([C@](C)(O)C#Cc2ccc3c(c2)-c2nc(C(N)=O)c(Cc4ccnn4C)n2C2C=C3C2)no1. The van der Waals surface area contributed by atoms with Crippen LogP contribution in [0.3, 0.4) is 0 Å². The molecule has 0 radical (unpaired) electrons. The van der Waals surface area contributed by atoms with Crippen LogP contribution in [0.25, 0.3) is 17.0 Å². The molecular weight excluding hydrogens is 456 g/mol. The quantitative estimate of drug-likeness (QED) is 0.433. The third-order valence-corrected chi connectivity index (χ3v) is 6.85. The highest BCUT2D eigenvalue weighted by Crippen LogP contribution is 2.48. The van der Waals surface area contributed by atoms with E-state index in [1.807, 2.05) is 31.3 Å². The summed E-state index contributed by atoms with van der Waals surface area (Å²) in [4.78, 5) is 17.2. The van der Waals surface area contributed by atoms with Gasteiger partial charge >= 0.3 is 0 Å².